The van der Waals surface area contributed by atoms with E-state index in [1.165, 1.54) is 16.2 Å². The average molecular weight is 523 g/mol. The Morgan fingerprint density at radius 3 is 2.71 bits per heavy atom. The predicted octanol–water partition coefficient (Wildman–Crippen LogP) is 3.32. The molecule has 4 heterocycles. The number of likely N-dealkylation sites (tertiary alicyclic amines) is 1. The van der Waals surface area contributed by atoms with Gasteiger partial charge in [-0.2, -0.15) is 0 Å². The number of carbonyl (C=O) groups is 3. The summed E-state index contributed by atoms with van der Waals surface area (Å²) in [6.45, 7) is 0.190. The van der Waals surface area contributed by atoms with Gasteiger partial charge in [-0.05, 0) is 30.9 Å². The van der Waals surface area contributed by atoms with E-state index in [-0.39, 0.29) is 35.8 Å². The summed E-state index contributed by atoms with van der Waals surface area (Å²) in [5.74, 6) is -0.822. The Balaban J connectivity index is 1.36. The molecule has 5 rings (SSSR count). The van der Waals surface area contributed by atoms with E-state index in [9.17, 15) is 14.4 Å². The molecule has 1 unspecified atom stereocenters. The van der Waals surface area contributed by atoms with Crippen LogP contribution in [0.2, 0.25) is 5.15 Å². The molecule has 11 heteroatoms. The van der Waals surface area contributed by atoms with Gasteiger partial charge in [0.1, 0.15) is 29.9 Å². The van der Waals surface area contributed by atoms with Crippen molar-refractivity contribution in [2.75, 3.05) is 13.2 Å². The van der Waals surface area contributed by atoms with E-state index < -0.39 is 29.5 Å². The molecular weight excluding hydrogens is 499 g/mol. The lowest BCUT2D eigenvalue weighted by Crippen LogP contribution is -2.55. The molecule has 0 radical (unpaired) electrons. The van der Waals surface area contributed by atoms with Crippen LogP contribution >= 0.6 is 34.5 Å². The van der Waals surface area contributed by atoms with E-state index in [0.29, 0.717) is 5.15 Å². The third-order valence-corrected chi connectivity index (χ3v) is 8.45. The number of nitrogens with one attached hydrogen (secondary N) is 1. The summed E-state index contributed by atoms with van der Waals surface area (Å²) in [5.41, 5.74) is 0.803. The van der Waals surface area contributed by atoms with Gasteiger partial charge in [0.25, 0.3) is 5.91 Å². The quantitative estimate of drug-likeness (QED) is 0.477. The SMILES string of the molecule is O=C(NC(C(=O)N1C[C@H](Cl)[C@H]2OCC(=O)[C@H]21)C1CCCCC1)c1ncc(-c2ccc(Cl)nc2)s1. The maximum absolute atomic E-state index is 13.7. The number of Topliss-reactive ketones (excluding diaryl/α,β-unsaturated/α-hetero) is 1. The second-order valence-corrected chi connectivity index (χ2v) is 10.9. The molecule has 8 nitrogen and oxygen atoms in total. The Morgan fingerprint density at radius 2 is 1.97 bits per heavy atom. The molecule has 0 spiro atoms. The average Bonchev–Trinajstić information content (AvgIpc) is 3.56. The number of aromatic nitrogens is 2. The molecule has 2 aromatic heterocycles. The van der Waals surface area contributed by atoms with Crippen molar-refractivity contribution in [1.82, 2.24) is 20.2 Å². The van der Waals surface area contributed by atoms with Crippen LogP contribution < -0.4 is 5.32 Å². The Hall–Kier alpha value is -2.07. The van der Waals surface area contributed by atoms with E-state index in [1.54, 1.807) is 18.5 Å². The normalized spacial score (nSPS) is 25.9. The fourth-order valence-corrected chi connectivity index (χ4v) is 6.37. The van der Waals surface area contributed by atoms with Gasteiger partial charge in [0.2, 0.25) is 5.91 Å². The van der Waals surface area contributed by atoms with Crippen LogP contribution in [0.4, 0.5) is 0 Å². The van der Waals surface area contributed by atoms with E-state index >= 15 is 0 Å². The summed E-state index contributed by atoms with van der Waals surface area (Å²) in [6, 6.07) is 2.07. The zero-order valence-corrected chi connectivity index (χ0v) is 20.6. The maximum Gasteiger partial charge on any atom is 0.280 e. The van der Waals surface area contributed by atoms with Crippen LogP contribution in [0.25, 0.3) is 10.4 Å². The van der Waals surface area contributed by atoms with Crippen molar-refractivity contribution in [1.29, 1.82) is 0 Å². The summed E-state index contributed by atoms with van der Waals surface area (Å²) >= 11 is 13.5. The van der Waals surface area contributed by atoms with Gasteiger partial charge >= 0.3 is 0 Å². The number of hydrogen-bond donors (Lipinski definition) is 1. The van der Waals surface area contributed by atoms with Crippen molar-refractivity contribution in [3.05, 3.63) is 34.7 Å². The van der Waals surface area contributed by atoms with Crippen LogP contribution in [0.1, 0.15) is 41.9 Å². The summed E-state index contributed by atoms with van der Waals surface area (Å²) in [4.78, 5) is 50.0. The van der Waals surface area contributed by atoms with Crippen LogP contribution in [0.15, 0.2) is 24.5 Å². The minimum atomic E-state index is -0.742. The van der Waals surface area contributed by atoms with Crippen molar-refractivity contribution in [2.45, 2.75) is 55.7 Å². The zero-order chi connectivity index (χ0) is 23.8. The molecular formula is C23H24Cl2N4O4S. The fourth-order valence-electron chi connectivity index (χ4n) is 5.09. The second-order valence-electron chi connectivity index (χ2n) is 8.94. The molecule has 2 amide bonds. The minimum absolute atomic E-state index is 0.00431. The lowest BCUT2D eigenvalue weighted by atomic mass is 9.83. The molecule has 2 aliphatic heterocycles. The lowest BCUT2D eigenvalue weighted by Gasteiger charge is -2.34. The van der Waals surface area contributed by atoms with Gasteiger partial charge in [0.05, 0.1) is 10.3 Å². The summed E-state index contributed by atoms with van der Waals surface area (Å²) in [5, 5.41) is 3.14. The van der Waals surface area contributed by atoms with Gasteiger partial charge in [-0.15, -0.1) is 22.9 Å². The van der Waals surface area contributed by atoms with E-state index in [2.05, 4.69) is 15.3 Å². The van der Waals surface area contributed by atoms with Gasteiger partial charge in [-0.1, -0.05) is 30.9 Å². The van der Waals surface area contributed by atoms with Crippen molar-refractivity contribution in [2.24, 2.45) is 5.92 Å². The highest BCUT2D eigenvalue weighted by molar-refractivity contribution is 7.17. The number of alkyl halides is 1. The first-order valence-electron chi connectivity index (χ1n) is 11.4. The molecule has 4 atom stereocenters. The first-order valence-corrected chi connectivity index (χ1v) is 13.0. The van der Waals surface area contributed by atoms with Gasteiger partial charge < -0.3 is 15.0 Å². The van der Waals surface area contributed by atoms with E-state index in [4.69, 9.17) is 27.9 Å². The Labute approximate surface area is 211 Å². The molecule has 180 valence electrons. The van der Waals surface area contributed by atoms with Gasteiger partial charge in [-0.3, -0.25) is 14.4 Å². The number of amides is 2. The third kappa shape index (κ3) is 4.58. The largest absolute Gasteiger partial charge is 0.366 e. The molecule has 0 bridgehead atoms. The van der Waals surface area contributed by atoms with Crippen LogP contribution in [0.5, 0.6) is 0 Å². The van der Waals surface area contributed by atoms with Crippen LogP contribution in [-0.2, 0) is 14.3 Å². The van der Waals surface area contributed by atoms with Crippen molar-refractivity contribution in [3.63, 3.8) is 0 Å². The number of pyridine rings is 1. The molecule has 3 fully saturated rings. The van der Waals surface area contributed by atoms with Crippen molar-refractivity contribution in [3.8, 4) is 10.4 Å². The fraction of sp³-hybridized carbons (Fsp3) is 0.522. The highest BCUT2D eigenvalue weighted by atomic mass is 35.5. The lowest BCUT2D eigenvalue weighted by molar-refractivity contribution is -0.139. The van der Waals surface area contributed by atoms with Crippen LogP contribution in [0.3, 0.4) is 0 Å². The topological polar surface area (TPSA) is 101 Å². The first kappa shape index (κ1) is 23.7. The number of nitrogens with zero attached hydrogens (tertiary/aromatic N) is 3. The van der Waals surface area contributed by atoms with Gasteiger partial charge in [0, 0.05) is 24.5 Å². The van der Waals surface area contributed by atoms with Crippen LogP contribution in [-0.4, -0.2) is 69.2 Å². The maximum atomic E-state index is 13.7. The molecule has 2 saturated heterocycles. The second kappa shape index (κ2) is 9.89. The molecule has 1 N–H and O–H groups in total. The van der Waals surface area contributed by atoms with Gasteiger partial charge in [0.15, 0.2) is 10.8 Å². The zero-order valence-electron chi connectivity index (χ0n) is 18.3. The van der Waals surface area contributed by atoms with E-state index in [0.717, 1.165) is 42.5 Å². The molecule has 1 saturated carbocycles. The molecule has 34 heavy (non-hydrogen) atoms. The van der Waals surface area contributed by atoms with Crippen molar-refractivity contribution >= 4 is 52.1 Å². The Morgan fingerprint density at radius 1 is 1.18 bits per heavy atom. The van der Waals surface area contributed by atoms with Crippen molar-refractivity contribution < 1.29 is 19.1 Å². The minimum Gasteiger partial charge on any atom is -0.366 e. The van der Waals surface area contributed by atoms with E-state index in [1.807, 2.05) is 6.07 Å². The number of ketones is 1. The number of fused-ring (bicyclic) bond motifs is 1. The van der Waals surface area contributed by atoms with Crippen LogP contribution in [0, 0.1) is 5.92 Å². The number of ether oxygens (including phenoxy) is 1. The van der Waals surface area contributed by atoms with Gasteiger partial charge in [-0.25, -0.2) is 9.97 Å². The smallest absolute Gasteiger partial charge is 0.280 e. The number of halogens is 2. The number of rotatable bonds is 5. The Bertz CT molecular complexity index is 1090. The third-order valence-electron chi connectivity index (χ3n) is 6.79. The molecule has 1 aliphatic carbocycles. The first-order chi connectivity index (χ1) is 16.4. The molecule has 3 aliphatic rings. The Kier molecular flexibility index (Phi) is 6.88. The molecule has 0 aromatic carbocycles. The standard InChI is InChI=1S/C23H24Cl2N4O4S/c24-14-10-29(19-15(30)11-33-20(14)19)23(32)18(12-4-2-1-3-5-12)28-21(31)22-27-9-16(34-22)13-6-7-17(25)26-8-13/h6-9,12,14,18-20H,1-5,10-11H2,(H,28,31)/t14-,18?,19+,20+/m0/s1. The number of thiazole rings is 1. The summed E-state index contributed by atoms with van der Waals surface area (Å²) < 4.78 is 5.53. The molecule has 2 aromatic rings. The predicted molar refractivity (Wildman–Crippen MR) is 128 cm³/mol. The summed E-state index contributed by atoms with van der Waals surface area (Å²) in [7, 11) is 0. The number of hydrogen-bond acceptors (Lipinski definition) is 7. The summed E-state index contributed by atoms with van der Waals surface area (Å²) in [6.07, 6.45) is 7.54. The monoisotopic (exact) mass is 522 g/mol. The highest BCUT2D eigenvalue weighted by Gasteiger charge is 2.53. The number of carbonyl (C=O) groups excluding carboxylic acids is 3. The highest BCUT2D eigenvalue weighted by Crippen LogP contribution is 2.34.